The molecule has 4 nitrogen and oxygen atoms in total. The number of nitrogens with one attached hydrogen (secondary N) is 2. The van der Waals surface area contributed by atoms with Crippen LogP contribution >= 0.6 is 0 Å². The van der Waals surface area contributed by atoms with Crippen LogP contribution in [0.1, 0.15) is 22.8 Å². The summed E-state index contributed by atoms with van der Waals surface area (Å²) >= 11 is 0. The second-order valence-electron chi connectivity index (χ2n) is 4.22. The highest BCUT2D eigenvalue weighted by molar-refractivity contribution is 5.91. The molecule has 0 amide bonds. The van der Waals surface area contributed by atoms with Crippen molar-refractivity contribution < 1.29 is 9.53 Å². The van der Waals surface area contributed by atoms with E-state index in [0.717, 1.165) is 11.3 Å². The third kappa shape index (κ3) is 3.83. The van der Waals surface area contributed by atoms with Crippen molar-refractivity contribution in [2.24, 2.45) is 0 Å². The van der Waals surface area contributed by atoms with Gasteiger partial charge in [-0.3, -0.25) is 0 Å². The lowest BCUT2D eigenvalue weighted by molar-refractivity contribution is 0.0525. The number of rotatable bonds is 6. The van der Waals surface area contributed by atoms with E-state index < -0.39 is 0 Å². The summed E-state index contributed by atoms with van der Waals surface area (Å²) in [4.78, 5) is 11.8. The van der Waals surface area contributed by atoms with Gasteiger partial charge in [0.2, 0.25) is 0 Å². The highest BCUT2D eigenvalue weighted by atomic mass is 16.5. The molecule has 4 heteroatoms. The maximum Gasteiger partial charge on any atom is 0.338 e. The lowest BCUT2D eigenvalue weighted by atomic mass is 10.1. The van der Waals surface area contributed by atoms with E-state index >= 15 is 0 Å². The lowest BCUT2D eigenvalue weighted by Gasteiger charge is -2.11. The van der Waals surface area contributed by atoms with Gasteiger partial charge in [-0.05, 0) is 30.7 Å². The van der Waals surface area contributed by atoms with Crippen molar-refractivity contribution in [2.45, 2.75) is 13.5 Å². The predicted octanol–water partition coefficient (Wildman–Crippen LogP) is 2.98. The molecule has 0 saturated heterocycles. The first-order valence-electron chi connectivity index (χ1n) is 6.60. The van der Waals surface area contributed by atoms with Gasteiger partial charge in [0.15, 0.2) is 0 Å². The van der Waals surface area contributed by atoms with Gasteiger partial charge in [-0.25, -0.2) is 10.2 Å². The predicted molar refractivity (Wildman–Crippen MR) is 79.3 cm³/mol. The van der Waals surface area contributed by atoms with E-state index in [9.17, 15) is 4.79 Å². The van der Waals surface area contributed by atoms with E-state index in [4.69, 9.17) is 4.74 Å². The molecule has 2 rings (SSSR count). The first-order valence-corrected chi connectivity index (χ1v) is 6.60. The zero-order chi connectivity index (χ0) is 14.2. The van der Waals surface area contributed by atoms with Crippen molar-refractivity contribution in [3.63, 3.8) is 0 Å². The molecule has 0 aliphatic heterocycles. The fraction of sp³-hybridized carbons (Fsp3) is 0.188. The Morgan fingerprint density at radius 1 is 1.05 bits per heavy atom. The summed E-state index contributed by atoms with van der Waals surface area (Å²) < 4.78 is 5.05. The van der Waals surface area contributed by atoms with Crippen LogP contribution in [-0.2, 0) is 11.3 Å². The number of hydrazine groups is 1. The lowest BCUT2D eigenvalue weighted by Crippen LogP contribution is -2.22. The van der Waals surface area contributed by atoms with Crippen molar-refractivity contribution in [3.8, 4) is 0 Å². The molecule has 2 aromatic rings. The number of carbonyl (C=O) groups excluding carboxylic acids is 1. The molecule has 0 bridgehead atoms. The van der Waals surface area contributed by atoms with E-state index in [1.54, 1.807) is 13.0 Å². The van der Waals surface area contributed by atoms with Crippen LogP contribution in [0.2, 0.25) is 0 Å². The number of hydrogen-bond acceptors (Lipinski definition) is 4. The summed E-state index contributed by atoms with van der Waals surface area (Å²) in [5, 5.41) is 0. The average molecular weight is 270 g/mol. The summed E-state index contributed by atoms with van der Waals surface area (Å²) in [5.74, 6) is -0.287. The Hall–Kier alpha value is -2.33. The number of benzene rings is 2. The molecule has 0 saturated carbocycles. The number of para-hydroxylation sites is 1. The van der Waals surface area contributed by atoms with Crippen LogP contribution < -0.4 is 10.9 Å². The van der Waals surface area contributed by atoms with Gasteiger partial charge in [-0.15, -0.1) is 0 Å². The number of carbonyl (C=O) groups is 1. The van der Waals surface area contributed by atoms with Gasteiger partial charge >= 0.3 is 5.97 Å². The Bertz CT molecular complexity index is 555. The van der Waals surface area contributed by atoms with Crippen LogP contribution in [0.5, 0.6) is 0 Å². The second kappa shape index (κ2) is 7.31. The van der Waals surface area contributed by atoms with Gasteiger partial charge in [0.05, 0.1) is 12.2 Å². The van der Waals surface area contributed by atoms with E-state index in [1.165, 1.54) is 0 Å². The van der Waals surface area contributed by atoms with Gasteiger partial charge < -0.3 is 10.2 Å². The summed E-state index contributed by atoms with van der Waals surface area (Å²) in [6.07, 6.45) is 0. The van der Waals surface area contributed by atoms with Crippen molar-refractivity contribution >= 4 is 11.7 Å². The average Bonchev–Trinajstić information content (AvgIpc) is 2.49. The Balaban J connectivity index is 1.97. The summed E-state index contributed by atoms with van der Waals surface area (Å²) in [6.45, 7) is 2.71. The first-order chi connectivity index (χ1) is 9.81. The summed E-state index contributed by atoms with van der Waals surface area (Å²) in [6, 6.07) is 17.2. The minimum absolute atomic E-state index is 0.287. The van der Waals surface area contributed by atoms with Crippen LogP contribution in [0.15, 0.2) is 54.6 Å². The minimum atomic E-state index is -0.287. The SMILES string of the molecule is CCOC(=O)c1ccccc1CNNc1ccccc1. The second-order valence-corrected chi connectivity index (χ2v) is 4.22. The molecule has 0 unspecified atom stereocenters. The molecule has 0 heterocycles. The number of hydrogen-bond donors (Lipinski definition) is 2. The van der Waals surface area contributed by atoms with Crippen LogP contribution in [0.3, 0.4) is 0 Å². The number of esters is 1. The largest absolute Gasteiger partial charge is 0.462 e. The fourth-order valence-corrected chi connectivity index (χ4v) is 1.85. The Morgan fingerprint density at radius 3 is 2.50 bits per heavy atom. The quantitative estimate of drug-likeness (QED) is 0.626. The molecule has 0 aliphatic carbocycles. The molecule has 0 fully saturated rings. The van der Waals surface area contributed by atoms with Crippen LogP contribution in [0.4, 0.5) is 5.69 Å². The molecule has 104 valence electrons. The molecular formula is C16H18N2O2. The van der Waals surface area contributed by atoms with Gasteiger partial charge in [0.1, 0.15) is 0 Å². The molecular weight excluding hydrogens is 252 g/mol. The van der Waals surface area contributed by atoms with Crippen LogP contribution in [0, 0.1) is 0 Å². The molecule has 2 aromatic carbocycles. The Morgan fingerprint density at radius 2 is 1.75 bits per heavy atom. The van der Waals surface area contributed by atoms with E-state index in [2.05, 4.69) is 10.9 Å². The van der Waals surface area contributed by atoms with E-state index in [1.807, 2.05) is 48.5 Å². The van der Waals surface area contributed by atoms with Gasteiger partial charge in [-0.1, -0.05) is 36.4 Å². The Labute approximate surface area is 118 Å². The zero-order valence-electron chi connectivity index (χ0n) is 11.4. The third-order valence-corrected chi connectivity index (χ3v) is 2.80. The molecule has 0 spiro atoms. The van der Waals surface area contributed by atoms with Crippen molar-refractivity contribution in [2.75, 3.05) is 12.0 Å². The summed E-state index contributed by atoms with van der Waals surface area (Å²) in [7, 11) is 0. The molecule has 2 N–H and O–H groups in total. The molecule has 20 heavy (non-hydrogen) atoms. The van der Waals surface area contributed by atoms with Gasteiger partial charge in [0.25, 0.3) is 0 Å². The van der Waals surface area contributed by atoms with Crippen molar-refractivity contribution in [1.29, 1.82) is 0 Å². The zero-order valence-corrected chi connectivity index (χ0v) is 11.4. The topological polar surface area (TPSA) is 50.4 Å². The molecule has 0 radical (unpaired) electrons. The number of ether oxygens (including phenoxy) is 1. The van der Waals surface area contributed by atoms with Crippen LogP contribution in [-0.4, -0.2) is 12.6 Å². The van der Waals surface area contributed by atoms with E-state index in [0.29, 0.717) is 18.7 Å². The van der Waals surface area contributed by atoms with Gasteiger partial charge in [-0.2, -0.15) is 0 Å². The highest BCUT2D eigenvalue weighted by Gasteiger charge is 2.10. The number of anilines is 1. The maximum absolute atomic E-state index is 11.8. The van der Waals surface area contributed by atoms with Crippen LogP contribution in [0.25, 0.3) is 0 Å². The molecule has 0 atom stereocenters. The first kappa shape index (κ1) is 14.1. The Kier molecular flexibility index (Phi) is 5.15. The fourth-order valence-electron chi connectivity index (χ4n) is 1.85. The van der Waals surface area contributed by atoms with Crippen molar-refractivity contribution in [1.82, 2.24) is 5.43 Å². The third-order valence-electron chi connectivity index (χ3n) is 2.80. The maximum atomic E-state index is 11.8. The molecule has 0 aliphatic rings. The van der Waals surface area contributed by atoms with E-state index in [-0.39, 0.29) is 5.97 Å². The monoisotopic (exact) mass is 270 g/mol. The minimum Gasteiger partial charge on any atom is -0.462 e. The summed E-state index contributed by atoms with van der Waals surface area (Å²) in [5.41, 5.74) is 8.65. The molecule has 0 aromatic heterocycles. The van der Waals surface area contributed by atoms with Crippen molar-refractivity contribution in [3.05, 3.63) is 65.7 Å². The highest BCUT2D eigenvalue weighted by Crippen LogP contribution is 2.10. The normalized spacial score (nSPS) is 10.1. The smallest absolute Gasteiger partial charge is 0.338 e. The standard InChI is InChI=1S/C16H18N2O2/c1-2-20-16(19)15-11-7-6-8-13(15)12-17-18-14-9-4-3-5-10-14/h3-11,17-18H,2,12H2,1H3. The van der Waals surface area contributed by atoms with Gasteiger partial charge in [0, 0.05) is 12.2 Å².